The Morgan fingerprint density at radius 3 is 2.67 bits per heavy atom. The normalized spacial score (nSPS) is 11.4. The summed E-state index contributed by atoms with van der Waals surface area (Å²) in [6.45, 7) is 0.396. The van der Waals surface area contributed by atoms with Crippen molar-refractivity contribution in [2.75, 3.05) is 23.9 Å². The van der Waals surface area contributed by atoms with E-state index in [4.69, 9.17) is 11.6 Å². The van der Waals surface area contributed by atoms with Crippen molar-refractivity contribution in [1.29, 1.82) is 0 Å². The van der Waals surface area contributed by atoms with Gasteiger partial charge in [-0.1, -0.05) is 11.6 Å². The zero-order valence-electron chi connectivity index (χ0n) is 8.13. The van der Waals surface area contributed by atoms with Gasteiger partial charge in [0.05, 0.1) is 10.8 Å². The van der Waals surface area contributed by atoms with Crippen molar-refractivity contribution in [3.8, 4) is 0 Å². The number of hydrogen-bond acceptors (Lipinski definition) is 3. The summed E-state index contributed by atoms with van der Waals surface area (Å²) in [6, 6.07) is 5.36. The quantitative estimate of drug-likeness (QED) is 0.929. The molecule has 0 bridgehead atoms. The summed E-state index contributed by atoms with van der Waals surface area (Å²) in [5, 5.41) is 3.63. The molecule has 1 aromatic rings. The first-order chi connectivity index (χ1) is 6.88. The van der Waals surface area contributed by atoms with E-state index < -0.39 is 9.84 Å². The van der Waals surface area contributed by atoms with Crippen molar-refractivity contribution < 1.29 is 8.42 Å². The van der Waals surface area contributed by atoms with Crippen molar-refractivity contribution in [3.05, 3.63) is 27.7 Å². The van der Waals surface area contributed by atoms with Crippen molar-refractivity contribution in [2.45, 2.75) is 0 Å². The molecular formula is C9H11BrClNO2S. The van der Waals surface area contributed by atoms with Gasteiger partial charge in [-0.3, -0.25) is 0 Å². The van der Waals surface area contributed by atoms with E-state index in [0.29, 0.717) is 11.6 Å². The number of anilines is 1. The van der Waals surface area contributed by atoms with Gasteiger partial charge in [0, 0.05) is 23.0 Å². The zero-order valence-corrected chi connectivity index (χ0v) is 11.3. The van der Waals surface area contributed by atoms with E-state index in [1.54, 1.807) is 12.1 Å². The standard InChI is InChI=1S/C9H11BrClNO2S/c1-15(13,14)5-4-12-7-2-3-9(11)8(10)6-7/h2-3,6,12H,4-5H2,1H3. The van der Waals surface area contributed by atoms with E-state index in [1.165, 1.54) is 6.26 Å². The molecule has 0 heterocycles. The van der Waals surface area contributed by atoms with E-state index in [0.717, 1.165) is 10.2 Å². The molecule has 0 amide bonds. The van der Waals surface area contributed by atoms with Gasteiger partial charge in [0.15, 0.2) is 0 Å². The SMILES string of the molecule is CS(=O)(=O)CCNc1ccc(Cl)c(Br)c1. The van der Waals surface area contributed by atoms with Crippen LogP contribution in [-0.2, 0) is 9.84 Å². The van der Waals surface area contributed by atoms with Crippen molar-refractivity contribution >= 4 is 43.1 Å². The highest BCUT2D eigenvalue weighted by Crippen LogP contribution is 2.25. The number of nitrogens with one attached hydrogen (secondary N) is 1. The Labute approximate surface area is 103 Å². The van der Waals surface area contributed by atoms with Crippen LogP contribution < -0.4 is 5.32 Å². The van der Waals surface area contributed by atoms with Gasteiger partial charge >= 0.3 is 0 Å². The van der Waals surface area contributed by atoms with Gasteiger partial charge in [0.25, 0.3) is 0 Å². The maximum Gasteiger partial charge on any atom is 0.149 e. The van der Waals surface area contributed by atoms with Crippen molar-refractivity contribution in [2.24, 2.45) is 0 Å². The largest absolute Gasteiger partial charge is 0.384 e. The number of rotatable bonds is 4. The van der Waals surface area contributed by atoms with Crippen molar-refractivity contribution in [1.82, 2.24) is 0 Å². The first-order valence-electron chi connectivity index (χ1n) is 4.25. The summed E-state index contributed by atoms with van der Waals surface area (Å²) in [6.07, 6.45) is 1.21. The van der Waals surface area contributed by atoms with Crippen LogP contribution in [0.3, 0.4) is 0 Å². The van der Waals surface area contributed by atoms with Crippen LogP contribution in [0.4, 0.5) is 5.69 Å². The second kappa shape index (κ2) is 5.18. The van der Waals surface area contributed by atoms with Crippen molar-refractivity contribution in [3.63, 3.8) is 0 Å². The van der Waals surface area contributed by atoms with Crippen LogP contribution in [0.2, 0.25) is 5.02 Å². The van der Waals surface area contributed by atoms with Crippen LogP contribution in [0.1, 0.15) is 0 Å². The molecule has 0 atom stereocenters. The average Bonchev–Trinajstić information content (AvgIpc) is 2.09. The number of hydrogen-bond donors (Lipinski definition) is 1. The van der Waals surface area contributed by atoms with Crippen LogP contribution in [-0.4, -0.2) is 27.0 Å². The van der Waals surface area contributed by atoms with E-state index in [-0.39, 0.29) is 5.75 Å². The predicted octanol–water partition coefficient (Wildman–Crippen LogP) is 2.56. The van der Waals surface area contributed by atoms with Gasteiger partial charge in [0.1, 0.15) is 9.84 Å². The van der Waals surface area contributed by atoms with Crippen LogP contribution >= 0.6 is 27.5 Å². The molecule has 0 aliphatic heterocycles. The lowest BCUT2D eigenvalue weighted by Gasteiger charge is -2.06. The van der Waals surface area contributed by atoms with E-state index in [1.807, 2.05) is 6.07 Å². The van der Waals surface area contributed by atoms with Crippen LogP contribution in [0.15, 0.2) is 22.7 Å². The molecule has 84 valence electrons. The molecule has 0 radical (unpaired) electrons. The number of benzene rings is 1. The molecule has 15 heavy (non-hydrogen) atoms. The summed E-state index contributed by atoms with van der Waals surface area (Å²) < 4.78 is 22.5. The molecule has 0 saturated heterocycles. The fraction of sp³-hybridized carbons (Fsp3) is 0.333. The molecule has 0 unspecified atom stereocenters. The molecule has 0 aliphatic carbocycles. The monoisotopic (exact) mass is 311 g/mol. The maximum absolute atomic E-state index is 10.9. The van der Waals surface area contributed by atoms with Crippen LogP contribution in [0.5, 0.6) is 0 Å². The minimum atomic E-state index is -2.91. The fourth-order valence-electron chi connectivity index (χ4n) is 0.987. The molecule has 1 aromatic carbocycles. The van der Waals surface area contributed by atoms with Gasteiger partial charge in [-0.15, -0.1) is 0 Å². The van der Waals surface area contributed by atoms with Crippen LogP contribution in [0, 0.1) is 0 Å². The summed E-state index contributed by atoms with van der Waals surface area (Å²) in [4.78, 5) is 0. The summed E-state index contributed by atoms with van der Waals surface area (Å²) in [7, 11) is -2.91. The third-order valence-electron chi connectivity index (χ3n) is 1.72. The third kappa shape index (κ3) is 4.86. The van der Waals surface area contributed by atoms with Gasteiger partial charge < -0.3 is 5.32 Å². The summed E-state index contributed by atoms with van der Waals surface area (Å²) in [5.41, 5.74) is 0.843. The molecule has 1 rings (SSSR count). The molecule has 1 N–H and O–H groups in total. The molecule has 0 saturated carbocycles. The number of sulfone groups is 1. The maximum atomic E-state index is 10.9. The average molecular weight is 313 g/mol. The Balaban J connectivity index is 2.55. The zero-order chi connectivity index (χ0) is 11.5. The second-order valence-electron chi connectivity index (χ2n) is 3.19. The predicted molar refractivity (Wildman–Crippen MR) is 67.4 cm³/mol. The van der Waals surface area contributed by atoms with E-state index >= 15 is 0 Å². The van der Waals surface area contributed by atoms with Crippen LogP contribution in [0.25, 0.3) is 0 Å². The van der Waals surface area contributed by atoms with Gasteiger partial charge in [-0.25, -0.2) is 8.42 Å². The van der Waals surface area contributed by atoms with Gasteiger partial charge in [0.2, 0.25) is 0 Å². The topological polar surface area (TPSA) is 46.2 Å². The number of halogens is 2. The molecule has 3 nitrogen and oxygen atoms in total. The van der Waals surface area contributed by atoms with Gasteiger partial charge in [-0.2, -0.15) is 0 Å². The lowest BCUT2D eigenvalue weighted by atomic mass is 10.3. The third-order valence-corrected chi connectivity index (χ3v) is 3.88. The fourth-order valence-corrected chi connectivity index (χ4v) is 1.96. The Kier molecular flexibility index (Phi) is 4.43. The minimum absolute atomic E-state index is 0.118. The Hall–Kier alpha value is -0.260. The Bertz CT molecular complexity index is 447. The highest BCUT2D eigenvalue weighted by Gasteiger charge is 2.02. The summed E-state index contributed by atoms with van der Waals surface area (Å²) >= 11 is 9.10. The minimum Gasteiger partial charge on any atom is -0.384 e. The summed E-state index contributed by atoms with van der Waals surface area (Å²) in [5.74, 6) is 0.118. The van der Waals surface area contributed by atoms with Gasteiger partial charge in [-0.05, 0) is 34.1 Å². The second-order valence-corrected chi connectivity index (χ2v) is 6.71. The van der Waals surface area contributed by atoms with E-state index in [9.17, 15) is 8.42 Å². The highest BCUT2D eigenvalue weighted by atomic mass is 79.9. The first-order valence-corrected chi connectivity index (χ1v) is 7.48. The lowest BCUT2D eigenvalue weighted by Crippen LogP contribution is -2.13. The molecule has 6 heteroatoms. The molecule has 0 aromatic heterocycles. The molecular weight excluding hydrogens is 302 g/mol. The molecule has 0 fully saturated rings. The molecule has 0 spiro atoms. The smallest absolute Gasteiger partial charge is 0.149 e. The lowest BCUT2D eigenvalue weighted by molar-refractivity contribution is 0.602. The molecule has 0 aliphatic rings. The Morgan fingerprint density at radius 2 is 2.13 bits per heavy atom. The first kappa shape index (κ1) is 12.8. The Morgan fingerprint density at radius 1 is 1.47 bits per heavy atom. The highest BCUT2D eigenvalue weighted by molar-refractivity contribution is 9.10. The van der Waals surface area contributed by atoms with E-state index in [2.05, 4.69) is 21.2 Å².